The van der Waals surface area contributed by atoms with Gasteiger partial charge in [0.25, 0.3) is 0 Å². The molecule has 8 heteroatoms. The first-order chi connectivity index (χ1) is 13.1. The molecule has 2 aromatic rings. The predicted octanol–water partition coefficient (Wildman–Crippen LogP) is 1.69. The van der Waals surface area contributed by atoms with E-state index < -0.39 is 0 Å². The van der Waals surface area contributed by atoms with Crippen LogP contribution in [-0.2, 0) is 13.6 Å². The standard InChI is InChI=1S/C19H27FN6O/c1-24-18(13-25-9-5-15(27)6-10-25)22-23-19(24)14-3-2-8-26(12-14)17-4-7-21-11-16(17)20/h4,7,11,14-15,27H,2-3,5-6,8-10,12-13H2,1H3/t14-/m0/s1. The fraction of sp³-hybridized carbons (Fsp3) is 0.632. The largest absolute Gasteiger partial charge is 0.393 e. The lowest BCUT2D eigenvalue weighted by molar-refractivity contribution is 0.0775. The number of nitrogens with zero attached hydrogens (tertiary/aromatic N) is 6. The van der Waals surface area contributed by atoms with Gasteiger partial charge in [-0.2, -0.15) is 0 Å². The first-order valence-electron chi connectivity index (χ1n) is 9.75. The minimum atomic E-state index is -0.274. The Balaban J connectivity index is 1.45. The van der Waals surface area contributed by atoms with Crippen LogP contribution in [0.15, 0.2) is 18.5 Å². The van der Waals surface area contributed by atoms with Gasteiger partial charge < -0.3 is 14.6 Å². The van der Waals surface area contributed by atoms with Gasteiger partial charge in [0, 0.05) is 45.3 Å². The smallest absolute Gasteiger partial charge is 0.164 e. The molecule has 0 aromatic carbocycles. The highest BCUT2D eigenvalue weighted by Gasteiger charge is 2.28. The molecule has 0 aliphatic carbocycles. The van der Waals surface area contributed by atoms with Crippen molar-refractivity contribution < 1.29 is 9.50 Å². The summed E-state index contributed by atoms with van der Waals surface area (Å²) >= 11 is 0. The topological polar surface area (TPSA) is 70.3 Å². The molecule has 2 aliphatic rings. The average Bonchev–Trinajstić information content (AvgIpc) is 3.04. The third-order valence-corrected chi connectivity index (χ3v) is 5.80. The third-order valence-electron chi connectivity index (χ3n) is 5.80. The van der Waals surface area contributed by atoms with E-state index >= 15 is 0 Å². The van der Waals surface area contributed by atoms with Gasteiger partial charge in [-0.3, -0.25) is 9.88 Å². The lowest BCUT2D eigenvalue weighted by Crippen LogP contribution is -2.36. The minimum absolute atomic E-state index is 0.168. The van der Waals surface area contributed by atoms with Gasteiger partial charge in [-0.05, 0) is 31.7 Å². The Morgan fingerprint density at radius 1 is 1.19 bits per heavy atom. The van der Waals surface area contributed by atoms with E-state index in [-0.39, 0.29) is 17.8 Å². The van der Waals surface area contributed by atoms with Crippen molar-refractivity contribution in [2.75, 3.05) is 31.1 Å². The number of hydrogen-bond acceptors (Lipinski definition) is 6. The molecule has 27 heavy (non-hydrogen) atoms. The van der Waals surface area contributed by atoms with Gasteiger partial charge in [0.2, 0.25) is 0 Å². The number of aromatic nitrogens is 4. The molecule has 0 bridgehead atoms. The number of rotatable bonds is 4. The van der Waals surface area contributed by atoms with E-state index in [0.717, 1.165) is 70.1 Å². The van der Waals surface area contributed by atoms with Crippen molar-refractivity contribution in [1.29, 1.82) is 0 Å². The summed E-state index contributed by atoms with van der Waals surface area (Å²) < 4.78 is 16.2. The van der Waals surface area contributed by atoms with E-state index in [4.69, 9.17) is 0 Å². The van der Waals surface area contributed by atoms with Crippen molar-refractivity contribution in [3.63, 3.8) is 0 Å². The summed E-state index contributed by atoms with van der Waals surface area (Å²) in [5.74, 6) is 1.89. The number of hydrogen-bond donors (Lipinski definition) is 1. The molecule has 2 aromatic heterocycles. The zero-order valence-electron chi connectivity index (χ0n) is 15.8. The van der Waals surface area contributed by atoms with Gasteiger partial charge >= 0.3 is 0 Å². The van der Waals surface area contributed by atoms with Crippen LogP contribution in [0.3, 0.4) is 0 Å². The van der Waals surface area contributed by atoms with Crippen LogP contribution in [0.2, 0.25) is 0 Å². The van der Waals surface area contributed by atoms with Crippen molar-refractivity contribution in [3.05, 3.63) is 35.9 Å². The SMILES string of the molecule is Cn1c(CN2CCC(O)CC2)nnc1[C@H]1CCCN(c2ccncc2F)C1. The fourth-order valence-corrected chi connectivity index (χ4v) is 4.18. The summed E-state index contributed by atoms with van der Waals surface area (Å²) in [4.78, 5) is 8.25. The lowest BCUT2D eigenvalue weighted by atomic mass is 9.96. The molecular formula is C19H27FN6O. The Hall–Kier alpha value is -2.06. The van der Waals surface area contributed by atoms with Crippen LogP contribution in [0.1, 0.15) is 43.3 Å². The summed E-state index contributed by atoms with van der Waals surface area (Å²) in [7, 11) is 2.02. The van der Waals surface area contributed by atoms with Crippen LogP contribution in [-0.4, -0.2) is 62.0 Å². The Morgan fingerprint density at radius 3 is 2.78 bits per heavy atom. The predicted molar refractivity (Wildman–Crippen MR) is 99.9 cm³/mol. The van der Waals surface area contributed by atoms with E-state index in [0.29, 0.717) is 5.69 Å². The number of anilines is 1. The Kier molecular flexibility index (Phi) is 5.36. The second-order valence-electron chi connectivity index (χ2n) is 7.65. The summed E-state index contributed by atoms with van der Waals surface area (Å²) in [6, 6.07) is 1.74. The third kappa shape index (κ3) is 3.96. The number of halogens is 1. The van der Waals surface area contributed by atoms with E-state index in [2.05, 4.69) is 29.5 Å². The summed E-state index contributed by atoms with van der Waals surface area (Å²) in [5, 5.41) is 18.6. The number of aliphatic hydroxyl groups is 1. The van der Waals surface area contributed by atoms with Crippen molar-refractivity contribution in [2.24, 2.45) is 7.05 Å². The Bertz CT molecular complexity index is 773. The number of likely N-dealkylation sites (tertiary alicyclic amines) is 1. The molecule has 2 aliphatic heterocycles. The monoisotopic (exact) mass is 374 g/mol. The van der Waals surface area contributed by atoms with E-state index in [1.165, 1.54) is 6.20 Å². The van der Waals surface area contributed by atoms with Gasteiger partial charge in [-0.25, -0.2) is 4.39 Å². The first-order valence-corrected chi connectivity index (χ1v) is 9.75. The lowest BCUT2D eigenvalue weighted by Gasteiger charge is -2.34. The molecular weight excluding hydrogens is 347 g/mol. The van der Waals surface area contributed by atoms with Gasteiger partial charge in [0.15, 0.2) is 5.82 Å². The number of aliphatic hydroxyl groups excluding tert-OH is 1. The highest BCUT2D eigenvalue weighted by atomic mass is 19.1. The molecule has 146 valence electrons. The van der Waals surface area contributed by atoms with Crippen LogP contribution in [0.25, 0.3) is 0 Å². The van der Waals surface area contributed by atoms with Crippen LogP contribution in [0, 0.1) is 5.82 Å². The van der Waals surface area contributed by atoms with E-state index in [1.54, 1.807) is 12.3 Å². The van der Waals surface area contributed by atoms with Crippen LogP contribution >= 0.6 is 0 Å². The second-order valence-corrected chi connectivity index (χ2v) is 7.65. The molecule has 7 nitrogen and oxygen atoms in total. The summed E-state index contributed by atoms with van der Waals surface area (Å²) in [5.41, 5.74) is 0.615. The van der Waals surface area contributed by atoms with Gasteiger partial charge in [-0.1, -0.05) is 0 Å². The average molecular weight is 374 g/mol. The van der Waals surface area contributed by atoms with Crippen LogP contribution in [0.5, 0.6) is 0 Å². The Morgan fingerprint density at radius 2 is 2.00 bits per heavy atom. The van der Waals surface area contributed by atoms with Gasteiger partial charge in [0.05, 0.1) is 24.5 Å². The van der Waals surface area contributed by atoms with Gasteiger partial charge in [-0.15, -0.1) is 10.2 Å². The molecule has 1 N–H and O–H groups in total. The molecule has 2 saturated heterocycles. The maximum Gasteiger partial charge on any atom is 0.164 e. The molecule has 0 saturated carbocycles. The second kappa shape index (κ2) is 7.90. The van der Waals surface area contributed by atoms with E-state index in [1.807, 2.05) is 7.05 Å². The van der Waals surface area contributed by atoms with Crippen molar-refractivity contribution >= 4 is 5.69 Å². The molecule has 0 amide bonds. The first kappa shape index (κ1) is 18.3. The molecule has 4 rings (SSSR count). The van der Waals surface area contributed by atoms with Gasteiger partial charge in [0.1, 0.15) is 11.6 Å². The van der Waals surface area contributed by atoms with Crippen LogP contribution < -0.4 is 4.90 Å². The number of pyridine rings is 1. The summed E-state index contributed by atoms with van der Waals surface area (Å²) in [6.07, 6.45) is 6.41. The molecule has 2 fully saturated rings. The highest BCUT2D eigenvalue weighted by Crippen LogP contribution is 2.30. The maximum atomic E-state index is 14.1. The molecule has 0 radical (unpaired) electrons. The quantitative estimate of drug-likeness (QED) is 0.878. The van der Waals surface area contributed by atoms with Crippen LogP contribution in [0.4, 0.5) is 10.1 Å². The van der Waals surface area contributed by atoms with Crippen molar-refractivity contribution in [1.82, 2.24) is 24.6 Å². The summed E-state index contributed by atoms with van der Waals surface area (Å²) in [6.45, 7) is 4.12. The zero-order valence-corrected chi connectivity index (χ0v) is 15.8. The molecule has 0 spiro atoms. The fourth-order valence-electron chi connectivity index (χ4n) is 4.18. The van der Waals surface area contributed by atoms with Crippen molar-refractivity contribution in [3.8, 4) is 0 Å². The highest BCUT2D eigenvalue weighted by molar-refractivity contribution is 5.47. The Labute approximate surface area is 158 Å². The maximum absolute atomic E-state index is 14.1. The molecule has 1 atom stereocenters. The zero-order chi connectivity index (χ0) is 18.8. The number of piperidine rings is 2. The molecule has 4 heterocycles. The normalized spacial score (nSPS) is 22.3. The van der Waals surface area contributed by atoms with E-state index in [9.17, 15) is 9.50 Å². The van der Waals surface area contributed by atoms with Crippen molar-refractivity contribution in [2.45, 2.75) is 44.2 Å². The molecule has 0 unspecified atom stereocenters. The minimum Gasteiger partial charge on any atom is -0.393 e.